The zero-order valence-electron chi connectivity index (χ0n) is 17.6. The lowest BCUT2D eigenvalue weighted by Gasteiger charge is -2.18. The standard InChI is InChI=1S/C22H16BrF6NO4S/c1-13(30-35(31,32)20-11-10-16(23)12-19(20)34-22(27,28)29)14-6-8-15(9-7-14)17-4-2-3-5-18(17)33-21(24,25)26/h2-13,30H,1H3/t13-/m1/s1. The predicted molar refractivity (Wildman–Crippen MR) is 118 cm³/mol. The molecule has 0 unspecified atom stereocenters. The van der Waals surface area contributed by atoms with Crippen LogP contribution in [-0.2, 0) is 10.0 Å². The molecule has 0 bridgehead atoms. The van der Waals surface area contributed by atoms with E-state index < -0.39 is 45.2 Å². The van der Waals surface area contributed by atoms with Gasteiger partial charge >= 0.3 is 12.7 Å². The first kappa shape index (κ1) is 26.8. The Morgan fingerprint density at radius 3 is 2.00 bits per heavy atom. The largest absolute Gasteiger partial charge is 0.573 e. The molecule has 0 aromatic heterocycles. The number of para-hydroxylation sites is 1. The average molecular weight is 584 g/mol. The van der Waals surface area contributed by atoms with E-state index in [1.54, 1.807) is 0 Å². The zero-order valence-corrected chi connectivity index (χ0v) is 20.0. The van der Waals surface area contributed by atoms with Crippen molar-refractivity contribution in [2.24, 2.45) is 0 Å². The number of hydrogen-bond acceptors (Lipinski definition) is 4. The van der Waals surface area contributed by atoms with Gasteiger partial charge in [0.15, 0.2) is 5.75 Å². The SMILES string of the molecule is C[C@@H](NS(=O)(=O)c1ccc(Br)cc1OC(F)(F)F)c1ccc(-c2ccccc2OC(F)(F)F)cc1. The van der Waals surface area contributed by atoms with Crippen LogP contribution in [0.5, 0.6) is 11.5 Å². The fourth-order valence-electron chi connectivity index (χ4n) is 3.14. The Kier molecular flexibility index (Phi) is 7.72. The van der Waals surface area contributed by atoms with Crippen molar-refractivity contribution in [1.29, 1.82) is 0 Å². The molecule has 0 aliphatic rings. The Hall–Kier alpha value is -2.77. The van der Waals surface area contributed by atoms with E-state index >= 15 is 0 Å². The minimum Gasteiger partial charge on any atom is -0.405 e. The summed E-state index contributed by atoms with van der Waals surface area (Å²) in [5.41, 5.74) is 0.938. The third-order valence-corrected chi connectivity index (χ3v) is 6.66. The molecule has 3 aromatic carbocycles. The summed E-state index contributed by atoms with van der Waals surface area (Å²) in [6, 6.07) is 13.6. The number of hydrogen-bond donors (Lipinski definition) is 1. The van der Waals surface area contributed by atoms with Gasteiger partial charge in [-0.05, 0) is 42.3 Å². The first-order valence-electron chi connectivity index (χ1n) is 9.67. The summed E-state index contributed by atoms with van der Waals surface area (Å²) in [4.78, 5) is -0.722. The molecule has 0 saturated heterocycles. The molecular weight excluding hydrogens is 568 g/mol. The van der Waals surface area contributed by atoms with Crippen LogP contribution >= 0.6 is 15.9 Å². The van der Waals surface area contributed by atoms with Gasteiger partial charge in [-0.2, -0.15) is 0 Å². The van der Waals surface area contributed by atoms with Crippen LogP contribution < -0.4 is 14.2 Å². The molecule has 35 heavy (non-hydrogen) atoms. The van der Waals surface area contributed by atoms with Crippen molar-refractivity contribution < 1.29 is 44.2 Å². The summed E-state index contributed by atoms with van der Waals surface area (Å²) >= 11 is 2.97. The van der Waals surface area contributed by atoms with Crippen LogP contribution in [0.2, 0.25) is 0 Å². The minimum atomic E-state index is -5.11. The van der Waals surface area contributed by atoms with Gasteiger partial charge in [0, 0.05) is 16.1 Å². The number of benzene rings is 3. The van der Waals surface area contributed by atoms with Gasteiger partial charge in [0.05, 0.1) is 0 Å². The second-order valence-corrected chi connectivity index (χ2v) is 9.75. The topological polar surface area (TPSA) is 64.6 Å². The first-order valence-corrected chi connectivity index (χ1v) is 11.9. The monoisotopic (exact) mass is 583 g/mol. The lowest BCUT2D eigenvalue weighted by molar-refractivity contribution is -0.276. The fourth-order valence-corrected chi connectivity index (χ4v) is 4.82. The maximum Gasteiger partial charge on any atom is 0.573 e. The van der Waals surface area contributed by atoms with E-state index in [4.69, 9.17) is 0 Å². The molecule has 5 nitrogen and oxygen atoms in total. The third kappa shape index (κ3) is 7.36. The average Bonchev–Trinajstić information content (AvgIpc) is 2.71. The molecule has 3 rings (SSSR count). The van der Waals surface area contributed by atoms with Gasteiger partial charge in [0.25, 0.3) is 0 Å². The predicted octanol–water partition coefficient (Wildman–Crippen LogP) is 6.95. The molecule has 0 radical (unpaired) electrons. The third-order valence-electron chi connectivity index (χ3n) is 4.59. The molecule has 13 heteroatoms. The van der Waals surface area contributed by atoms with Crippen LogP contribution in [0.15, 0.2) is 76.1 Å². The van der Waals surface area contributed by atoms with Crippen molar-refractivity contribution in [3.63, 3.8) is 0 Å². The highest BCUT2D eigenvalue weighted by molar-refractivity contribution is 9.10. The number of sulfonamides is 1. The molecule has 0 spiro atoms. The molecule has 188 valence electrons. The molecule has 0 aliphatic carbocycles. The summed E-state index contributed by atoms with van der Waals surface area (Å²) in [6.07, 6.45) is -10.00. The number of nitrogens with one attached hydrogen (secondary N) is 1. The first-order chi connectivity index (χ1) is 16.1. The van der Waals surface area contributed by atoms with Gasteiger partial charge in [-0.15, -0.1) is 26.3 Å². The molecule has 0 amide bonds. The maximum atomic E-state index is 12.8. The van der Waals surface area contributed by atoms with Crippen LogP contribution in [0.1, 0.15) is 18.5 Å². The Morgan fingerprint density at radius 2 is 1.40 bits per heavy atom. The molecule has 1 atom stereocenters. The Labute approximate surface area is 204 Å². The summed E-state index contributed by atoms with van der Waals surface area (Å²) in [5, 5.41) is 0. The Morgan fingerprint density at radius 1 is 0.829 bits per heavy atom. The maximum absolute atomic E-state index is 12.8. The van der Waals surface area contributed by atoms with Gasteiger partial charge < -0.3 is 9.47 Å². The number of alkyl halides is 6. The summed E-state index contributed by atoms with van der Waals surface area (Å²) < 4.78 is 112. The van der Waals surface area contributed by atoms with Crippen molar-refractivity contribution in [1.82, 2.24) is 4.72 Å². The van der Waals surface area contributed by atoms with Crippen LogP contribution in [0.25, 0.3) is 11.1 Å². The van der Waals surface area contributed by atoms with Crippen LogP contribution in [0.4, 0.5) is 26.3 Å². The van der Waals surface area contributed by atoms with Gasteiger partial charge in [0.1, 0.15) is 10.6 Å². The molecule has 0 aliphatic heterocycles. The van der Waals surface area contributed by atoms with Crippen LogP contribution in [0, 0.1) is 0 Å². The summed E-state index contributed by atoms with van der Waals surface area (Å²) in [6.45, 7) is 1.45. The van der Waals surface area contributed by atoms with E-state index in [0.717, 1.165) is 18.2 Å². The molecule has 1 N–H and O–H groups in total. The highest BCUT2D eigenvalue weighted by Crippen LogP contribution is 2.35. The van der Waals surface area contributed by atoms with Gasteiger partial charge in [-0.1, -0.05) is 58.4 Å². The summed E-state index contributed by atoms with van der Waals surface area (Å²) in [7, 11) is -4.46. The quantitative estimate of drug-likeness (QED) is 0.306. The second-order valence-electron chi connectivity index (χ2n) is 7.15. The number of rotatable bonds is 7. The highest BCUT2D eigenvalue weighted by atomic mass is 79.9. The van der Waals surface area contributed by atoms with Crippen molar-refractivity contribution >= 4 is 26.0 Å². The molecule has 0 saturated carbocycles. The molecule has 3 aromatic rings. The van der Waals surface area contributed by atoms with Crippen LogP contribution in [0.3, 0.4) is 0 Å². The van der Waals surface area contributed by atoms with Crippen molar-refractivity contribution in [3.8, 4) is 22.6 Å². The Bertz CT molecular complexity index is 1290. The summed E-state index contributed by atoms with van der Waals surface area (Å²) in [5.74, 6) is -1.32. The van der Waals surface area contributed by atoms with Crippen molar-refractivity contribution in [3.05, 3.63) is 76.8 Å². The van der Waals surface area contributed by atoms with E-state index in [9.17, 15) is 34.8 Å². The van der Waals surface area contributed by atoms with Crippen molar-refractivity contribution in [2.45, 2.75) is 30.6 Å². The number of ether oxygens (including phenoxy) is 2. The Balaban J connectivity index is 1.84. The van der Waals surface area contributed by atoms with Crippen LogP contribution in [-0.4, -0.2) is 21.1 Å². The minimum absolute atomic E-state index is 0.161. The van der Waals surface area contributed by atoms with Gasteiger partial charge in [-0.3, -0.25) is 0 Å². The highest BCUT2D eigenvalue weighted by Gasteiger charge is 2.35. The lowest BCUT2D eigenvalue weighted by Crippen LogP contribution is -2.28. The van der Waals surface area contributed by atoms with E-state index in [0.29, 0.717) is 11.1 Å². The second kappa shape index (κ2) is 10.1. The lowest BCUT2D eigenvalue weighted by atomic mass is 10.0. The van der Waals surface area contributed by atoms with E-state index in [1.165, 1.54) is 55.5 Å². The van der Waals surface area contributed by atoms with E-state index in [-0.39, 0.29) is 10.0 Å². The molecule has 0 fully saturated rings. The van der Waals surface area contributed by atoms with Gasteiger partial charge in [-0.25, -0.2) is 13.1 Å². The molecule has 0 heterocycles. The van der Waals surface area contributed by atoms with Gasteiger partial charge in [0.2, 0.25) is 10.0 Å². The normalized spacial score (nSPS) is 13.4. The van der Waals surface area contributed by atoms with E-state index in [2.05, 4.69) is 30.1 Å². The zero-order chi connectivity index (χ0) is 26.0. The van der Waals surface area contributed by atoms with Crippen molar-refractivity contribution in [2.75, 3.05) is 0 Å². The fraction of sp³-hybridized carbons (Fsp3) is 0.182. The molecular formula is C22H16BrF6NO4S. The number of halogens is 7. The van der Waals surface area contributed by atoms with E-state index in [1.807, 2.05) is 0 Å². The smallest absolute Gasteiger partial charge is 0.405 e.